The van der Waals surface area contributed by atoms with Gasteiger partial charge in [-0.3, -0.25) is 9.59 Å². The van der Waals surface area contributed by atoms with Gasteiger partial charge in [-0.2, -0.15) is 0 Å². The molecule has 0 bridgehead atoms. The zero-order valence-electron chi connectivity index (χ0n) is 8.62. The lowest BCUT2D eigenvalue weighted by Crippen LogP contribution is -2.20. The smallest absolute Gasteiger partial charge is 0.308 e. The van der Waals surface area contributed by atoms with Crippen LogP contribution in [0.5, 0.6) is 0 Å². The number of esters is 1. The van der Waals surface area contributed by atoms with Crippen LogP contribution in [0, 0.1) is 0 Å². The fourth-order valence-corrected chi connectivity index (χ4v) is 0.856. The predicted molar refractivity (Wildman–Crippen MR) is 50.5 cm³/mol. The van der Waals surface area contributed by atoms with Crippen LogP contribution in [0.1, 0.15) is 26.7 Å². The lowest BCUT2D eigenvalue weighted by molar-refractivity contribution is -0.174. The molecule has 0 heterocycles. The molecule has 5 nitrogen and oxygen atoms in total. The van der Waals surface area contributed by atoms with Crippen LogP contribution < -0.4 is 5.73 Å². The maximum atomic E-state index is 11.1. The minimum absolute atomic E-state index is 0.0334. The van der Waals surface area contributed by atoms with Crippen LogP contribution in [0.25, 0.3) is 0 Å². The van der Waals surface area contributed by atoms with E-state index in [1.807, 2.05) is 6.92 Å². The van der Waals surface area contributed by atoms with Crippen molar-refractivity contribution in [1.82, 2.24) is 0 Å². The van der Waals surface area contributed by atoms with Gasteiger partial charge in [0.25, 0.3) is 0 Å². The number of Topliss-reactive ketones (excluding diaryl/α,β-unsaturated/α-hetero) is 1. The molecule has 0 aromatic carbocycles. The molecular weight excluding hydrogens is 186 g/mol. The first-order valence-electron chi connectivity index (χ1n) is 4.63. The van der Waals surface area contributed by atoms with Gasteiger partial charge in [-0.15, -0.1) is 0 Å². The standard InChI is InChI=1S/C9H17NO4/c1-3-13-7(2)14-9(12)5-4-8(11)6-10/h7H,3-6,10H2,1-2H3. The molecular formula is C9H17NO4. The van der Waals surface area contributed by atoms with Crippen molar-refractivity contribution in [2.24, 2.45) is 5.73 Å². The molecule has 0 saturated carbocycles. The quantitative estimate of drug-likeness (QED) is 0.473. The van der Waals surface area contributed by atoms with Crippen LogP contribution >= 0.6 is 0 Å². The van der Waals surface area contributed by atoms with Gasteiger partial charge in [-0.1, -0.05) is 0 Å². The number of carbonyl (C=O) groups excluding carboxylic acids is 2. The molecule has 0 aliphatic heterocycles. The molecule has 0 aromatic rings. The van der Waals surface area contributed by atoms with Gasteiger partial charge in [0, 0.05) is 13.0 Å². The number of hydrogen-bond acceptors (Lipinski definition) is 5. The van der Waals surface area contributed by atoms with Gasteiger partial charge in [0.2, 0.25) is 0 Å². The maximum absolute atomic E-state index is 11.1. The molecule has 82 valence electrons. The van der Waals surface area contributed by atoms with E-state index in [9.17, 15) is 9.59 Å². The lowest BCUT2D eigenvalue weighted by atomic mass is 10.2. The van der Waals surface area contributed by atoms with E-state index in [2.05, 4.69) is 0 Å². The SMILES string of the molecule is CCOC(C)OC(=O)CCC(=O)CN. The molecule has 0 saturated heterocycles. The molecule has 5 heteroatoms. The summed E-state index contributed by atoms with van der Waals surface area (Å²) in [4.78, 5) is 21.8. The Hall–Kier alpha value is -0.940. The average molecular weight is 203 g/mol. The van der Waals surface area contributed by atoms with Crippen molar-refractivity contribution in [1.29, 1.82) is 0 Å². The van der Waals surface area contributed by atoms with Gasteiger partial charge in [0.1, 0.15) is 5.78 Å². The Balaban J connectivity index is 3.59. The molecule has 14 heavy (non-hydrogen) atoms. The first-order valence-corrected chi connectivity index (χ1v) is 4.63. The van der Waals surface area contributed by atoms with Gasteiger partial charge in [-0.05, 0) is 13.8 Å². The number of nitrogens with two attached hydrogens (primary N) is 1. The molecule has 0 aromatic heterocycles. The van der Waals surface area contributed by atoms with Crippen LogP contribution in [-0.2, 0) is 19.1 Å². The Bertz CT molecular complexity index is 193. The van der Waals surface area contributed by atoms with Gasteiger partial charge >= 0.3 is 5.97 Å². The van der Waals surface area contributed by atoms with E-state index in [4.69, 9.17) is 15.2 Å². The molecule has 0 spiro atoms. The molecule has 0 aliphatic rings. The van der Waals surface area contributed by atoms with Gasteiger partial charge in [0.15, 0.2) is 6.29 Å². The Morgan fingerprint density at radius 2 is 2.00 bits per heavy atom. The van der Waals surface area contributed by atoms with E-state index in [1.165, 1.54) is 0 Å². The summed E-state index contributed by atoms with van der Waals surface area (Å²) in [6.07, 6.45) is -0.359. The van der Waals surface area contributed by atoms with Crippen LogP contribution in [0.3, 0.4) is 0 Å². The van der Waals surface area contributed by atoms with Crippen molar-refractivity contribution in [2.45, 2.75) is 33.0 Å². The fourth-order valence-electron chi connectivity index (χ4n) is 0.856. The summed E-state index contributed by atoms with van der Waals surface area (Å²) in [5.41, 5.74) is 5.08. The second kappa shape index (κ2) is 7.46. The number of ketones is 1. The van der Waals surface area contributed by atoms with Crippen molar-refractivity contribution in [3.63, 3.8) is 0 Å². The summed E-state index contributed by atoms with van der Waals surface area (Å²) in [6, 6.07) is 0. The molecule has 1 atom stereocenters. The van der Waals surface area contributed by atoms with Crippen molar-refractivity contribution in [2.75, 3.05) is 13.2 Å². The predicted octanol–water partition coefficient (Wildman–Crippen LogP) is 0.220. The van der Waals surface area contributed by atoms with Gasteiger partial charge in [0.05, 0.1) is 13.0 Å². The van der Waals surface area contributed by atoms with E-state index >= 15 is 0 Å². The second-order valence-electron chi connectivity index (χ2n) is 2.76. The summed E-state index contributed by atoms with van der Waals surface area (Å²) >= 11 is 0. The van der Waals surface area contributed by atoms with E-state index < -0.39 is 12.3 Å². The molecule has 0 rings (SSSR count). The van der Waals surface area contributed by atoms with E-state index in [0.29, 0.717) is 6.61 Å². The number of carbonyl (C=O) groups is 2. The van der Waals surface area contributed by atoms with Gasteiger partial charge < -0.3 is 15.2 Å². The first kappa shape index (κ1) is 13.1. The highest BCUT2D eigenvalue weighted by Gasteiger charge is 2.10. The highest BCUT2D eigenvalue weighted by molar-refractivity contribution is 5.84. The zero-order valence-corrected chi connectivity index (χ0v) is 8.62. The monoisotopic (exact) mass is 203 g/mol. The van der Waals surface area contributed by atoms with Crippen LogP contribution in [0.15, 0.2) is 0 Å². The molecule has 0 amide bonds. The van der Waals surface area contributed by atoms with Crippen LogP contribution in [0.4, 0.5) is 0 Å². The highest BCUT2D eigenvalue weighted by Crippen LogP contribution is 1.99. The Morgan fingerprint density at radius 1 is 1.36 bits per heavy atom. The lowest BCUT2D eigenvalue weighted by Gasteiger charge is -2.12. The number of rotatable bonds is 7. The molecule has 1 unspecified atom stereocenters. The summed E-state index contributed by atoms with van der Waals surface area (Å²) in [7, 11) is 0. The fraction of sp³-hybridized carbons (Fsp3) is 0.778. The summed E-state index contributed by atoms with van der Waals surface area (Å²) in [6.45, 7) is 3.89. The average Bonchev–Trinajstić information content (AvgIpc) is 2.14. The highest BCUT2D eigenvalue weighted by atomic mass is 16.7. The van der Waals surface area contributed by atoms with Gasteiger partial charge in [-0.25, -0.2) is 0 Å². The summed E-state index contributed by atoms with van der Waals surface area (Å²) in [5.74, 6) is -0.584. The summed E-state index contributed by atoms with van der Waals surface area (Å²) in [5, 5.41) is 0. The largest absolute Gasteiger partial charge is 0.436 e. The van der Waals surface area contributed by atoms with Crippen molar-refractivity contribution in [3.8, 4) is 0 Å². The van der Waals surface area contributed by atoms with E-state index in [1.54, 1.807) is 6.92 Å². The third-order valence-electron chi connectivity index (χ3n) is 1.53. The minimum atomic E-state index is -0.555. The molecule has 0 aliphatic carbocycles. The molecule has 2 N–H and O–H groups in total. The second-order valence-corrected chi connectivity index (χ2v) is 2.76. The third kappa shape index (κ3) is 6.56. The Kier molecular flexibility index (Phi) is 6.96. The van der Waals surface area contributed by atoms with Crippen molar-refractivity contribution < 1.29 is 19.1 Å². The third-order valence-corrected chi connectivity index (χ3v) is 1.53. The van der Waals surface area contributed by atoms with Crippen molar-refractivity contribution in [3.05, 3.63) is 0 Å². The Labute approximate surface area is 83.5 Å². The van der Waals surface area contributed by atoms with E-state index in [0.717, 1.165) is 0 Å². The minimum Gasteiger partial charge on any atom is -0.436 e. The molecule has 0 fully saturated rings. The molecule has 0 radical (unpaired) electrons. The number of hydrogen-bond donors (Lipinski definition) is 1. The van der Waals surface area contributed by atoms with E-state index in [-0.39, 0.29) is 25.2 Å². The number of ether oxygens (including phenoxy) is 2. The van der Waals surface area contributed by atoms with Crippen LogP contribution in [0.2, 0.25) is 0 Å². The Morgan fingerprint density at radius 3 is 2.50 bits per heavy atom. The van der Waals surface area contributed by atoms with Crippen LogP contribution in [-0.4, -0.2) is 31.2 Å². The topological polar surface area (TPSA) is 78.6 Å². The zero-order chi connectivity index (χ0) is 11.0. The van der Waals surface area contributed by atoms with Crippen molar-refractivity contribution >= 4 is 11.8 Å². The summed E-state index contributed by atoms with van der Waals surface area (Å²) < 4.78 is 9.82. The normalized spacial score (nSPS) is 12.2. The maximum Gasteiger partial charge on any atom is 0.308 e. The first-order chi connectivity index (χ1) is 6.60.